The van der Waals surface area contributed by atoms with Gasteiger partial charge in [0.2, 0.25) is 11.5 Å². The van der Waals surface area contributed by atoms with Gasteiger partial charge in [-0.25, -0.2) is 10.1 Å². The third kappa shape index (κ3) is 3.26. The van der Waals surface area contributed by atoms with Crippen molar-refractivity contribution in [2.24, 2.45) is 5.10 Å². The summed E-state index contributed by atoms with van der Waals surface area (Å²) in [5.74, 6) is 0.464. The smallest absolute Gasteiger partial charge is 0.297 e. The molecule has 21 heavy (non-hydrogen) atoms. The molecule has 0 atom stereocenters. The molecule has 110 valence electrons. The number of hydrogen-bond donors (Lipinski definition) is 2. The predicted octanol–water partition coefficient (Wildman–Crippen LogP) is 0.433. The van der Waals surface area contributed by atoms with E-state index >= 15 is 0 Å². The number of rotatable bonds is 5. The molecule has 3 N–H and O–H groups in total. The van der Waals surface area contributed by atoms with Gasteiger partial charge in [-0.2, -0.15) is 5.10 Å². The van der Waals surface area contributed by atoms with Crippen molar-refractivity contribution in [3.05, 3.63) is 29.5 Å². The third-order valence-electron chi connectivity index (χ3n) is 2.54. The second-order valence-corrected chi connectivity index (χ2v) is 3.81. The van der Waals surface area contributed by atoms with Crippen molar-refractivity contribution in [2.75, 3.05) is 20.0 Å². The van der Waals surface area contributed by atoms with E-state index in [1.165, 1.54) is 13.3 Å². The summed E-state index contributed by atoms with van der Waals surface area (Å²) in [5, 5.41) is 10.4. The number of carbonyl (C=O) groups excluding carboxylic acids is 1. The second kappa shape index (κ2) is 6.37. The van der Waals surface area contributed by atoms with Gasteiger partial charge in [0.05, 0.1) is 20.4 Å². The maximum absolute atomic E-state index is 11.7. The summed E-state index contributed by atoms with van der Waals surface area (Å²) < 4.78 is 14.6. The van der Waals surface area contributed by atoms with E-state index in [9.17, 15) is 4.79 Å². The standard InChI is InChI=1S/C12H13N5O4/c1-19-8-4-3-7(9(5-8)20-2)6-14-15-12(18)10-11(13)17-21-16-10/h3-6H,1-2H3,(H2,13,17)(H,15,18)/b14-6-. The molecule has 0 saturated carbocycles. The van der Waals surface area contributed by atoms with Gasteiger partial charge in [-0.15, -0.1) is 0 Å². The van der Waals surface area contributed by atoms with Crippen molar-refractivity contribution in [3.8, 4) is 11.5 Å². The number of nitrogens with two attached hydrogens (primary N) is 1. The summed E-state index contributed by atoms with van der Waals surface area (Å²) in [6.07, 6.45) is 1.42. The first kappa shape index (κ1) is 14.3. The second-order valence-electron chi connectivity index (χ2n) is 3.81. The number of nitrogens with zero attached hydrogens (tertiary/aromatic N) is 3. The molecule has 9 nitrogen and oxygen atoms in total. The summed E-state index contributed by atoms with van der Waals surface area (Å²) in [7, 11) is 3.07. The first-order valence-corrected chi connectivity index (χ1v) is 5.79. The Kier molecular flexibility index (Phi) is 4.34. The number of aromatic nitrogens is 2. The largest absolute Gasteiger partial charge is 0.497 e. The zero-order chi connectivity index (χ0) is 15.2. The van der Waals surface area contributed by atoms with E-state index in [2.05, 4.69) is 25.5 Å². The molecule has 0 aliphatic rings. The Hall–Kier alpha value is -3.10. The summed E-state index contributed by atoms with van der Waals surface area (Å²) in [5.41, 5.74) is 8.17. The Morgan fingerprint density at radius 1 is 1.38 bits per heavy atom. The molecular weight excluding hydrogens is 278 g/mol. The lowest BCUT2D eigenvalue weighted by Crippen LogP contribution is -2.19. The molecule has 0 saturated heterocycles. The average Bonchev–Trinajstić information content (AvgIpc) is 2.93. The first-order chi connectivity index (χ1) is 10.2. The molecule has 0 spiro atoms. The molecule has 2 rings (SSSR count). The topological polar surface area (TPSA) is 125 Å². The molecule has 9 heteroatoms. The Bertz CT molecular complexity index is 667. The summed E-state index contributed by atoms with van der Waals surface area (Å²) >= 11 is 0. The van der Waals surface area contributed by atoms with Crippen LogP contribution in [0.2, 0.25) is 0 Å². The number of hydrogen-bond acceptors (Lipinski definition) is 8. The summed E-state index contributed by atoms with van der Waals surface area (Å²) in [4.78, 5) is 11.7. The molecule has 0 fully saturated rings. The molecule has 0 radical (unpaired) electrons. The van der Waals surface area contributed by atoms with Gasteiger partial charge in [-0.1, -0.05) is 0 Å². The Morgan fingerprint density at radius 2 is 2.19 bits per heavy atom. The van der Waals surface area contributed by atoms with Crippen LogP contribution in [0.1, 0.15) is 16.1 Å². The van der Waals surface area contributed by atoms with Gasteiger partial charge in [0.1, 0.15) is 11.5 Å². The Morgan fingerprint density at radius 3 is 2.81 bits per heavy atom. The van der Waals surface area contributed by atoms with Crippen molar-refractivity contribution in [1.82, 2.24) is 15.7 Å². The molecule has 1 amide bonds. The van der Waals surface area contributed by atoms with Crippen molar-refractivity contribution in [1.29, 1.82) is 0 Å². The number of nitrogens with one attached hydrogen (secondary N) is 1. The molecular formula is C12H13N5O4. The number of carbonyl (C=O) groups is 1. The Labute approximate surface area is 119 Å². The minimum atomic E-state index is -0.627. The monoisotopic (exact) mass is 291 g/mol. The highest BCUT2D eigenvalue weighted by molar-refractivity contribution is 5.96. The van der Waals surface area contributed by atoms with Crippen molar-refractivity contribution >= 4 is 17.9 Å². The minimum Gasteiger partial charge on any atom is -0.497 e. The highest BCUT2D eigenvalue weighted by atomic mass is 16.6. The van der Waals surface area contributed by atoms with Crippen molar-refractivity contribution in [2.45, 2.75) is 0 Å². The molecule has 1 aromatic heterocycles. The molecule has 0 aliphatic carbocycles. The van der Waals surface area contributed by atoms with E-state index in [4.69, 9.17) is 15.2 Å². The van der Waals surface area contributed by atoms with Crippen molar-refractivity contribution in [3.63, 3.8) is 0 Å². The number of ether oxygens (including phenoxy) is 2. The highest BCUT2D eigenvalue weighted by Crippen LogP contribution is 2.22. The van der Waals surface area contributed by atoms with Crippen molar-refractivity contribution < 1.29 is 18.9 Å². The predicted molar refractivity (Wildman–Crippen MR) is 73.3 cm³/mol. The lowest BCUT2D eigenvalue weighted by molar-refractivity contribution is 0.0946. The van der Waals surface area contributed by atoms with Crippen LogP contribution >= 0.6 is 0 Å². The fraction of sp³-hybridized carbons (Fsp3) is 0.167. The average molecular weight is 291 g/mol. The molecule has 0 bridgehead atoms. The quantitative estimate of drug-likeness (QED) is 0.604. The number of amides is 1. The maximum atomic E-state index is 11.7. The number of benzene rings is 1. The van der Waals surface area contributed by atoms with Crippen LogP contribution < -0.4 is 20.6 Å². The fourth-order valence-electron chi connectivity index (χ4n) is 1.49. The van der Waals surface area contributed by atoms with E-state index in [0.29, 0.717) is 17.1 Å². The zero-order valence-electron chi connectivity index (χ0n) is 11.4. The van der Waals surface area contributed by atoms with E-state index in [1.54, 1.807) is 25.3 Å². The molecule has 0 aliphatic heterocycles. The molecule has 1 heterocycles. The lowest BCUT2D eigenvalue weighted by atomic mass is 10.2. The van der Waals surface area contributed by atoms with Gasteiger partial charge in [0.15, 0.2) is 0 Å². The van der Waals surface area contributed by atoms with Gasteiger partial charge in [-0.3, -0.25) is 4.79 Å². The van der Waals surface area contributed by atoms with Gasteiger partial charge in [-0.05, 0) is 22.4 Å². The first-order valence-electron chi connectivity index (χ1n) is 5.79. The van der Waals surface area contributed by atoms with Crippen LogP contribution in [0.3, 0.4) is 0 Å². The molecule has 0 unspecified atom stereocenters. The van der Waals surface area contributed by atoms with Crippen LogP contribution in [0.4, 0.5) is 5.82 Å². The van der Waals surface area contributed by atoms with Crippen LogP contribution in [0, 0.1) is 0 Å². The maximum Gasteiger partial charge on any atom is 0.297 e. The fourth-order valence-corrected chi connectivity index (χ4v) is 1.49. The lowest BCUT2D eigenvalue weighted by Gasteiger charge is -2.06. The number of nitrogen functional groups attached to an aromatic ring is 1. The van der Waals surface area contributed by atoms with E-state index in [0.717, 1.165) is 0 Å². The van der Waals surface area contributed by atoms with E-state index < -0.39 is 5.91 Å². The Balaban J connectivity index is 2.08. The third-order valence-corrected chi connectivity index (χ3v) is 2.54. The van der Waals surface area contributed by atoms with E-state index in [1.807, 2.05) is 0 Å². The van der Waals surface area contributed by atoms with Gasteiger partial charge < -0.3 is 15.2 Å². The van der Waals surface area contributed by atoms with Crippen LogP contribution in [-0.4, -0.2) is 36.7 Å². The van der Waals surface area contributed by atoms with Gasteiger partial charge >= 0.3 is 0 Å². The number of hydrazone groups is 1. The number of methoxy groups -OCH3 is 2. The van der Waals surface area contributed by atoms with Crippen LogP contribution in [0.5, 0.6) is 11.5 Å². The van der Waals surface area contributed by atoms with Crippen LogP contribution in [0.15, 0.2) is 27.9 Å². The summed E-state index contributed by atoms with van der Waals surface area (Å²) in [6, 6.07) is 5.17. The zero-order valence-corrected chi connectivity index (χ0v) is 11.4. The SMILES string of the molecule is COc1ccc(/C=N\NC(=O)c2nonc2N)c(OC)c1. The molecule has 1 aromatic carbocycles. The van der Waals surface area contributed by atoms with Crippen LogP contribution in [-0.2, 0) is 0 Å². The minimum absolute atomic E-state index is 0.107. The molecule has 2 aromatic rings. The normalized spacial score (nSPS) is 10.6. The van der Waals surface area contributed by atoms with Crippen LogP contribution in [0.25, 0.3) is 0 Å². The van der Waals surface area contributed by atoms with Gasteiger partial charge in [0, 0.05) is 11.6 Å². The summed E-state index contributed by atoms with van der Waals surface area (Å²) in [6.45, 7) is 0. The van der Waals surface area contributed by atoms with Gasteiger partial charge in [0.25, 0.3) is 5.91 Å². The number of anilines is 1. The highest BCUT2D eigenvalue weighted by Gasteiger charge is 2.14. The van der Waals surface area contributed by atoms with E-state index in [-0.39, 0.29) is 11.5 Å².